The Balaban J connectivity index is 1.56. The first-order valence-corrected chi connectivity index (χ1v) is 8.90. The molecule has 0 spiro atoms. The van der Waals surface area contributed by atoms with Gasteiger partial charge in [0.1, 0.15) is 12.1 Å². The van der Waals surface area contributed by atoms with Crippen LogP contribution < -0.4 is 10.6 Å². The molecule has 1 saturated heterocycles. The number of nitrogens with zero attached hydrogens (tertiary/aromatic N) is 1. The van der Waals surface area contributed by atoms with E-state index in [2.05, 4.69) is 22.8 Å². The first kappa shape index (κ1) is 17.5. The second-order valence-corrected chi connectivity index (χ2v) is 6.98. The van der Waals surface area contributed by atoms with Crippen LogP contribution in [0.1, 0.15) is 44.6 Å². The van der Waals surface area contributed by atoms with Crippen LogP contribution in [0.15, 0.2) is 30.3 Å². The fourth-order valence-electron chi connectivity index (χ4n) is 3.62. The third-order valence-corrected chi connectivity index (χ3v) is 4.97. The summed E-state index contributed by atoms with van der Waals surface area (Å²) in [6.45, 7) is 3.60. The maximum atomic E-state index is 12.6. The molecule has 2 N–H and O–H groups in total. The van der Waals surface area contributed by atoms with Crippen molar-refractivity contribution in [3.8, 4) is 0 Å². The zero-order valence-corrected chi connectivity index (χ0v) is 14.7. The molecular weight excluding hydrogens is 318 g/mol. The summed E-state index contributed by atoms with van der Waals surface area (Å²) in [5.41, 5.74) is 1.24. The number of carbonyl (C=O) groups is 3. The molecule has 0 aromatic heterocycles. The van der Waals surface area contributed by atoms with Gasteiger partial charge in [-0.2, -0.15) is 0 Å². The molecule has 25 heavy (non-hydrogen) atoms. The van der Waals surface area contributed by atoms with Crippen molar-refractivity contribution in [3.05, 3.63) is 35.9 Å². The standard InChI is InChI=1S/C19H25N3O3/c1-12(20-13(2)23)19(25)22-10-6-9-17(22)18(24)21-16-11-15(16)14-7-4-3-5-8-14/h3-5,7-8,12,15-17H,6,9-11H2,1-2H3,(H,20,23)(H,21,24)/t12-,15+,16-,17-/m0/s1. The Morgan fingerprint density at radius 2 is 1.92 bits per heavy atom. The summed E-state index contributed by atoms with van der Waals surface area (Å²) >= 11 is 0. The van der Waals surface area contributed by atoms with E-state index in [1.54, 1.807) is 11.8 Å². The van der Waals surface area contributed by atoms with E-state index in [-0.39, 0.29) is 23.8 Å². The number of amides is 3. The first-order valence-electron chi connectivity index (χ1n) is 8.90. The van der Waals surface area contributed by atoms with Gasteiger partial charge in [-0.1, -0.05) is 30.3 Å². The van der Waals surface area contributed by atoms with E-state index < -0.39 is 12.1 Å². The fourth-order valence-corrected chi connectivity index (χ4v) is 3.62. The molecule has 134 valence electrons. The Bertz CT molecular complexity index is 661. The highest BCUT2D eigenvalue weighted by Crippen LogP contribution is 2.40. The van der Waals surface area contributed by atoms with Gasteiger partial charge in [-0.25, -0.2) is 0 Å². The van der Waals surface area contributed by atoms with E-state index in [1.807, 2.05) is 18.2 Å². The van der Waals surface area contributed by atoms with Crippen molar-refractivity contribution >= 4 is 17.7 Å². The highest BCUT2D eigenvalue weighted by Gasteiger charge is 2.43. The van der Waals surface area contributed by atoms with E-state index in [1.165, 1.54) is 12.5 Å². The van der Waals surface area contributed by atoms with Crippen LogP contribution in [0.4, 0.5) is 0 Å². The summed E-state index contributed by atoms with van der Waals surface area (Å²) in [7, 11) is 0. The molecule has 4 atom stereocenters. The van der Waals surface area contributed by atoms with Crippen molar-refractivity contribution in [2.45, 2.75) is 57.2 Å². The van der Waals surface area contributed by atoms with Crippen molar-refractivity contribution in [1.82, 2.24) is 15.5 Å². The van der Waals surface area contributed by atoms with Crippen molar-refractivity contribution < 1.29 is 14.4 Å². The monoisotopic (exact) mass is 343 g/mol. The number of hydrogen-bond donors (Lipinski definition) is 2. The van der Waals surface area contributed by atoms with Gasteiger partial charge in [0, 0.05) is 25.4 Å². The average molecular weight is 343 g/mol. The van der Waals surface area contributed by atoms with Gasteiger partial charge in [0.2, 0.25) is 17.7 Å². The first-order chi connectivity index (χ1) is 12.0. The third kappa shape index (κ3) is 4.00. The van der Waals surface area contributed by atoms with Gasteiger partial charge in [0.25, 0.3) is 0 Å². The normalized spacial score (nSPS) is 26.0. The largest absolute Gasteiger partial charge is 0.351 e. The fraction of sp³-hybridized carbons (Fsp3) is 0.526. The van der Waals surface area contributed by atoms with Crippen LogP contribution >= 0.6 is 0 Å². The van der Waals surface area contributed by atoms with Crippen LogP contribution in [0, 0.1) is 0 Å². The Labute approximate surface area is 148 Å². The highest BCUT2D eigenvalue weighted by molar-refractivity contribution is 5.92. The SMILES string of the molecule is CC(=O)N[C@@H](C)C(=O)N1CCC[C@H]1C(=O)N[C@H]1C[C@@H]1c1ccccc1. The number of nitrogens with one attached hydrogen (secondary N) is 2. The molecule has 0 radical (unpaired) electrons. The van der Waals surface area contributed by atoms with Gasteiger partial charge in [0.05, 0.1) is 0 Å². The Morgan fingerprint density at radius 3 is 2.60 bits per heavy atom. The molecule has 6 heteroatoms. The molecule has 1 aromatic rings. The quantitative estimate of drug-likeness (QED) is 0.842. The van der Waals surface area contributed by atoms with Gasteiger partial charge in [-0.05, 0) is 31.7 Å². The van der Waals surface area contributed by atoms with E-state index in [9.17, 15) is 14.4 Å². The van der Waals surface area contributed by atoms with E-state index in [4.69, 9.17) is 0 Å². The highest BCUT2D eigenvalue weighted by atomic mass is 16.2. The molecule has 1 aromatic carbocycles. The molecule has 3 amide bonds. The maximum absolute atomic E-state index is 12.6. The molecule has 2 aliphatic rings. The zero-order valence-electron chi connectivity index (χ0n) is 14.7. The lowest BCUT2D eigenvalue weighted by atomic mass is 10.1. The molecule has 6 nitrogen and oxygen atoms in total. The number of likely N-dealkylation sites (tertiary alicyclic amines) is 1. The zero-order chi connectivity index (χ0) is 18.0. The van der Waals surface area contributed by atoms with Crippen LogP contribution in [0.2, 0.25) is 0 Å². The van der Waals surface area contributed by atoms with Crippen LogP contribution in [0.5, 0.6) is 0 Å². The summed E-state index contributed by atoms with van der Waals surface area (Å²) in [6, 6.07) is 9.28. The number of benzene rings is 1. The molecule has 0 bridgehead atoms. The van der Waals surface area contributed by atoms with E-state index in [0.717, 1.165) is 12.8 Å². The van der Waals surface area contributed by atoms with E-state index >= 15 is 0 Å². The van der Waals surface area contributed by atoms with Crippen LogP contribution in [-0.2, 0) is 14.4 Å². The minimum Gasteiger partial charge on any atom is -0.351 e. The second-order valence-electron chi connectivity index (χ2n) is 6.98. The lowest BCUT2D eigenvalue weighted by molar-refractivity contribution is -0.140. The van der Waals surface area contributed by atoms with Gasteiger partial charge in [0.15, 0.2) is 0 Å². The predicted molar refractivity (Wildman–Crippen MR) is 93.7 cm³/mol. The lowest BCUT2D eigenvalue weighted by Gasteiger charge is -2.27. The molecule has 0 unspecified atom stereocenters. The van der Waals surface area contributed by atoms with Gasteiger partial charge >= 0.3 is 0 Å². The van der Waals surface area contributed by atoms with Gasteiger partial charge < -0.3 is 15.5 Å². The van der Waals surface area contributed by atoms with E-state index in [0.29, 0.717) is 18.9 Å². The molecule has 1 heterocycles. The van der Waals surface area contributed by atoms with Gasteiger partial charge in [-0.3, -0.25) is 14.4 Å². The molecular formula is C19H25N3O3. The number of carbonyl (C=O) groups excluding carboxylic acids is 3. The van der Waals surface area contributed by atoms with Crippen molar-refractivity contribution in [3.63, 3.8) is 0 Å². The minimum absolute atomic E-state index is 0.0793. The Kier molecular flexibility index (Phi) is 5.06. The van der Waals surface area contributed by atoms with Crippen molar-refractivity contribution in [1.29, 1.82) is 0 Å². The topological polar surface area (TPSA) is 78.5 Å². The Morgan fingerprint density at radius 1 is 1.20 bits per heavy atom. The summed E-state index contributed by atoms with van der Waals surface area (Å²) < 4.78 is 0. The lowest BCUT2D eigenvalue weighted by Crippen LogP contribution is -2.52. The van der Waals surface area contributed by atoms with Crippen LogP contribution in [0.3, 0.4) is 0 Å². The molecule has 1 aliphatic carbocycles. The predicted octanol–water partition coefficient (Wildman–Crippen LogP) is 1.17. The molecule has 1 saturated carbocycles. The van der Waals surface area contributed by atoms with Crippen LogP contribution in [0.25, 0.3) is 0 Å². The van der Waals surface area contributed by atoms with Crippen LogP contribution in [-0.4, -0.2) is 47.3 Å². The third-order valence-electron chi connectivity index (χ3n) is 4.97. The summed E-state index contributed by atoms with van der Waals surface area (Å²) in [4.78, 5) is 37.9. The average Bonchev–Trinajstić information content (AvgIpc) is 3.17. The molecule has 1 aliphatic heterocycles. The minimum atomic E-state index is -0.608. The number of hydrogen-bond acceptors (Lipinski definition) is 3. The molecule has 3 rings (SSSR count). The summed E-state index contributed by atoms with van der Waals surface area (Å²) in [5, 5.41) is 5.69. The summed E-state index contributed by atoms with van der Waals surface area (Å²) in [6.07, 6.45) is 2.43. The number of rotatable bonds is 5. The molecule has 2 fully saturated rings. The maximum Gasteiger partial charge on any atom is 0.245 e. The summed E-state index contributed by atoms with van der Waals surface area (Å²) in [5.74, 6) is -0.147. The smallest absolute Gasteiger partial charge is 0.245 e. The van der Waals surface area contributed by atoms with Gasteiger partial charge in [-0.15, -0.1) is 0 Å². The Hall–Kier alpha value is -2.37. The van der Waals surface area contributed by atoms with Crippen molar-refractivity contribution in [2.24, 2.45) is 0 Å². The van der Waals surface area contributed by atoms with Crippen molar-refractivity contribution in [2.75, 3.05) is 6.54 Å². The second kappa shape index (κ2) is 7.25.